The van der Waals surface area contributed by atoms with Crippen molar-refractivity contribution >= 4 is 23.4 Å². The standard InChI is InChI=1S/C43H42ClNO7/c1-31(46)45(42(47)36-24-14-15-25-37(36)44)43-41(51-29-35-22-12-5-13-23-35)40(50-28-34-20-10-4-11-21-34)39(49-27-33-18-8-3-9-19-33)38(52-43)30-48-26-32-16-6-2-7-17-32/h2-25,38-41,43H,26-30H2,1H3/t38-,39-,40+,41+,43+/m1/s1. The number of amides is 2. The Labute approximate surface area is 309 Å². The number of carbonyl (C=O) groups excluding carboxylic acids is 2. The summed E-state index contributed by atoms with van der Waals surface area (Å²) in [6, 6.07) is 45.7. The molecule has 5 aromatic rings. The Kier molecular flexibility index (Phi) is 13.3. The van der Waals surface area contributed by atoms with Gasteiger partial charge in [0.05, 0.1) is 43.6 Å². The molecule has 0 radical (unpaired) electrons. The van der Waals surface area contributed by atoms with E-state index >= 15 is 0 Å². The number of rotatable bonds is 15. The molecule has 0 N–H and O–H groups in total. The SMILES string of the molecule is CC(=O)N(C(=O)c1ccccc1Cl)[C@H]1O[C@H](COCc2ccccc2)[C@@H](OCc2ccccc2)[C@H](OCc2ccccc2)[C@@H]1OCc1ccccc1. The molecule has 5 atom stereocenters. The summed E-state index contributed by atoms with van der Waals surface area (Å²) in [4.78, 5) is 29.0. The minimum atomic E-state index is -1.23. The first-order valence-corrected chi connectivity index (χ1v) is 17.7. The molecule has 0 aliphatic carbocycles. The molecule has 1 heterocycles. The Hall–Kier alpha value is -4.67. The fraction of sp³-hybridized carbons (Fsp3) is 0.256. The number of carbonyl (C=O) groups is 2. The van der Waals surface area contributed by atoms with Crippen molar-refractivity contribution in [3.05, 3.63) is 178 Å². The van der Waals surface area contributed by atoms with Gasteiger partial charge in [0, 0.05) is 6.92 Å². The van der Waals surface area contributed by atoms with E-state index in [4.69, 9.17) is 35.3 Å². The molecule has 6 rings (SSSR count). The van der Waals surface area contributed by atoms with Gasteiger partial charge in [-0.15, -0.1) is 0 Å². The van der Waals surface area contributed by atoms with Gasteiger partial charge in [-0.05, 0) is 34.4 Å². The van der Waals surface area contributed by atoms with Gasteiger partial charge in [0.2, 0.25) is 5.91 Å². The Balaban J connectivity index is 1.40. The van der Waals surface area contributed by atoms with E-state index in [9.17, 15) is 9.59 Å². The highest BCUT2D eigenvalue weighted by Crippen LogP contribution is 2.34. The predicted molar refractivity (Wildman–Crippen MR) is 198 cm³/mol. The average Bonchev–Trinajstić information content (AvgIpc) is 3.18. The number of halogens is 1. The van der Waals surface area contributed by atoms with Gasteiger partial charge >= 0.3 is 0 Å². The lowest BCUT2D eigenvalue weighted by molar-refractivity contribution is -0.291. The van der Waals surface area contributed by atoms with Crippen molar-refractivity contribution in [1.29, 1.82) is 0 Å². The van der Waals surface area contributed by atoms with E-state index in [1.165, 1.54) is 6.92 Å². The molecule has 0 spiro atoms. The van der Waals surface area contributed by atoms with Crippen LogP contribution in [0.15, 0.2) is 146 Å². The van der Waals surface area contributed by atoms with E-state index in [2.05, 4.69) is 0 Å². The fourth-order valence-electron chi connectivity index (χ4n) is 6.18. The van der Waals surface area contributed by atoms with E-state index in [0.717, 1.165) is 27.2 Å². The van der Waals surface area contributed by atoms with Crippen LogP contribution in [0.3, 0.4) is 0 Å². The topological polar surface area (TPSA) is 83.5 Å². The van der Waals surface area contributed by atoms with Crippen LogP contribution in [-0.4, -0.2) is 54.0 Å². The summed E-state index contributed by atoms with van der Waals surface area (Å²) in [7, 11) is 0. The smallest absolute Gasteiger partial charge is 0.264 e. The molecule has 0 aromatic heterocycles. The largest absolute Gasteiger partial charge is 0.374 e. The van der Waals surface area contributed by atoms with Crippen LogP contribution in [0.4, 0.5) is 0 Å². The van der Waals surface area contributed by atoms with Crippen molar-refractivity contribution < 1.29 is 33.3 Å². The lowest BCUT2D eigenvalue weighted by Crippen LogP contribution is -2.66. The lowest BCUT2D eigenvalue weighted by Gasteiger charge is -2.48. The van der Waals surface area contributed by atoms with Crippen LogP contribution in [0.2, 0.25) is 5.02 Å². The third-order valence-electron chi connectivity index (χ3n) is 8.78. The summed E-state index contributed by atoms with van der Waals surface area (Å²) < 4.78 is 33.2. The van der Waals surface area contributed by atoms with Crippen LogP contribution in [0.5, 0.6) is 0 Å². The molecule has 5 aromatic carbocycles. The van der Waals surface area contributed by atoms with Crippen LogP contribution in [-0.2, 0) is 54.9 Å². The quantitative estimate of drug-likeness (QED) is 0.108. The van der Waals surface area contributed by atoms with Crippen molar-refractivity contribution in [2.75, 3.05) is 6.61 Å². The molecule has 1 saturated heterocycles. The minimum absolute atomic E-state index is 0.0769. The normalized spacial score (nSPS) is 19.9. The molecule has 9 heteroatoms. The van der Waals surface area contributed by atoms with E-state index in [0.29, 0.717) is 6.61 Å². The maximum absolute atomic E-state index is 14.3. The third kappa shape index (κ3) is 9.80. The van der Waals surface area contributed by atoms with Crippen molar-refractivity contribution in [2.24, 2.45) is 0 Å². The van der Waals surface area contributed by atoms with Gasteiger partial charge in [0.1, 0.15) is 24.4 Å². The fourth-order valence-corrected chi connectivity index (χ4v) is 6.39. The van der Waals surface area contributed by atoms with E-state index in [1.54, 1.807) is 24.3 Å². The number of hydrogen-bond donors (Lipinski definition) is 0. The Morgan fingerprint density at radius 1 is 0.577 bits per heavy atom. The van der Waals surface area contributed by atoms with Crippen LogP contribution in [0.1, 0.15) is 39.5 Å². The van der Waals surface area contributed by atoms with Crippen LogP contribution >= 0.6 is 11.6 Å². The second-order valence-corrected chi connectivity index (χ2v) is 12.9. The lowest BCUT2D eigenvalue weighted by atomic mass is 9.95. The number of hydrogen-bond acceptors (Lipinski definition) is 7. The summed E-state index contributed by atoms with van der Waals surface area (Å²) in [6.07, 6.45) is -4.55. The van der Waals surface area contributed by atoms with Gasteiger partial charge in [-0.3, -0.25) is 9.59 Å². The number of imide groups is 1. The molecule has 0 unspecified atom stereocenters. The maximum Gasteiger partial charge on any atom is 0.264 e. The molecule has 1 aliphatic rings. The van der Waals surface area contributed by atoms with Crippen LogP contribution < -0.4 is 0 Å². The van der Waals surface area contributed by atoms with Gasteiger partial charge < -0.3 is 23.7 Å². The molecule has 0 saturated carbocycles. The molecule has 52 heavy (non-hydrogen) atoms. The van der Waals surface area contributed by atoms with Crippen molar-refractivity contribution in [3.8, 4) is 0 Å². The van der Waals surface area contributed by atoms with Gasteiger partial charge in [0.25, 0.3) is 5.91 Å². The van der Waals surface area contributed by atoms with Gasteiger partial charge in [0.15, 0.2) is 6.23 Å². The Bertz CT molecular complexity index is 1850. The van der Waals surface area contributed by atoms with Crippen molar-refractivity contribution in [2.45, 2.75) is 64.0 Å². The zero-order valence-corrected chi connectivity index (χ0v) is 29.7. The highest BCUT2D eigenvalue weighted by Gasteiger charge is 2.52. The summed E-state index contributed by atoms with van der Waals surface area (Å²) in [5, 5.41) is 0.208. The highest BCUT2D eigenvalue weighted by atomic mass is 35.5. The van der Waals surface area contributed by atoms with Crippen LogP contribution in [0, 0.1) is 0 Å². The third-order valence-corrected chi connectivity index (χ3v) is 9.11. The first-order valence-electron chi connectivity index (χ1n) is 17.3. The number of benzene rings is 5. The Morgan fingerprint density at radius 3 is 1.48 bits per heavy atom. The number of ether oxygens (including phenoxy) is 5. The molecule has 0 bridgehead atoms. The zero-order valence-electron chi connectivity index (χ0n) is 29.0. The summed E-state index contributed by atoms with van der Waals surface area (Å²) in [6.45, 7) is 2.34. The molecule has 1 fully saturated rings. The molecule has 1 aliphatic heterocycles. The van der Waals surface area contributed by atoms with E-state index < -0.39 is 42.5 Å². The second-order valence-electron chi connectivity index (χ2n) is 12.5. The zero-order chi connectivity index (χ0) is 36.1. The van der Waals surface area contributed by atoms with Gasteiger partial charge in [-0.1, -0.05) is 145 Å². The van der Waals surface area contributed by atoms with Crippen molar-refractivity contribution in [1.82, 2.24) is 4.90 Å². The molecule has 8 nitrogen and oxygen atoms in total. The molecule has 2 amide bonds. The summed E-state index contributed by atoms with van der Waals surface area (Å²) >= 11 is 6.51. The molecular formula is C43H42ClNO7. The second kappa shape index (κ2) is 18.7. The first kappa shape index (κ1) is 37.1. The van der Waals surface area contributed by atoms with E-state index in [1.807, 2.05) is 121 Å². The molecule has 268 valence electrons. The van der Waals surface area contributed by atoms with Crippen LogP contribution in [0.25, 0.3) is 0 Å². The first-order chi connectivity index (χ1) is 25.5. The van der Waals surface area contributed by atoms with Crippen molar-refractivity contribution in [3.63, 3.8) is 0 Å². The minimum Gasteiger partial charge on any atom is -0.374 e. The number of nitrogens with zero attached hydrogens (tertiary/aromatic N) is 1. The summed E-state index contributed by atoms with van der Waals surface area (Å²) in [5.74, 6) is -1.16. The van der Waals surface area contributed by atoms with Gasteiger partial charge in [-0.2, -0.15) is 0 Å². The Morgan fingerprint density at radius 2 is 1.00 bits per heavy atom. The predicted octanol–water partition coefficient (Wildman–Crippen LogP) is 8.03. The summed E-state index contributed by atoms with van der Waals surface area (Å²) in [5.41, 5.74) is 3.92. The highest BCUT2D eigenvalue weighted by molar-refractivity contribution is 6.34. The van der Waals surface area contributed by atoms with E-state index in [-0.39, 0.29) is 37.0 Å². The molecular weight excluding hydrogens is 678 g/mol. The average molecular weight is 720 g/mol. The monoisotopic (exact) mass is 719 g/mol. The van der Waals surface area contributed by atoms with Gasteiger partial charge in [-0.25, -0.2) is 4.90 Å². The maximum atomic E-state index is 14.3.